The molecule has 2 aromatic heterocycles. The first-order chi connectivity index (χ1) is 26.0. The molecule has 4 aromatic rings. The number of hydrogen-bond acceptors (Lipinski definition) is 9. The van der Waals surface area contributed by atoms with E-state index in [4.69, 9.17) is 19.4 Å². The molecule has 1 N–H and O–H groups in total. The molecular formula is C40H47F3N8O3. The molecule has 4 saturated heterocycles. The second kappa shape index (κ2) is 13.1. The van der Waals surface area contributed by atoms with Gasteiger partial charge in [-0.05, 0) is 86.4 Å². The van der Waals surface area contributed by atoms with Crippen LogP contribution in [0.2, 0.25) is 0 Å². The molecule has 54 heavy (non-hydrogen) atoms. The quantitative estimate of drug-likeness (QED) is 0.194. The molecule has 286 valence electrons. The maximum absolute atomic E-state index is 14.1. The third kappa shape index (κ3) is 6.24. The van der Waals surface area contributed by atoms with Gasteiger partial charge in [0.1, 0.15) is 11.3 Å². The zero-order valence-electron chi connectivity index (χ0n) is 31.0. The van der Waals surface area contributed by atoms with E-state index in [0.717, 1.165) is 98.2 Å². The number of hydrogen-bond donors (Lipinski definition) is 1. The molecule has 5 fully saturated rings. The summed E-state index contributed by atoms with van der Waals surface area (Å²) in [5.41, 5.74) is 4.74. The fourth-order valence-electron chi connectivity index (χ4n) is 9.50. The number of carbonyl (C=O) groups excluding carboxylic acids is 1. The number of nitrogens with zero attached hydrogens (tertiary/aromatic N) is 7. The van der Waals surface area contributed by atoms with Gasteiger partial charge < -0.3 is 29.1 Å². The number of anilines is 2. The summed E-state index contributed by atoms with van der Waals surface area (Å²) in [5.74, 6) is 1.55. The standard InChI is InChI=1S/C40H47F3N8O3/c1-4-31(52)50-20-38(21-50)10-13-49(14-11-38)36-28-17-27(26-6-7-26)33(32-25(2)5-8-30-29(32)18-44-47-30)35(54-24-40(41,42)43)34(28)45-37(46-36)51-22-39(23-51)9-12-48(19-39)15-16-53-3/h4-5,8,17-18,26H,1,6-7,9-16,19-24H2,2-3H3,(H,44,47). The van der Waals surface area contributed by atoms with Gasteiger partial charge in [0.15, 0.2) is 12.4 Å². The molecular weight excluding hydrogens is 697 g/mol. The molecule has 4 aliphatic heterocycles. The monoisotopic (exact) mass is 744 g/mol. The molecule has 5 aliphatic rings. The van der Waals surface area contributed by atoms with E-state index >= 15 is 0 Å². The van der Waals surface area contributed by atoms with Crippen molar-refractivity contribution in [2.45, 2.75) is 51.1 Å². The molecule has 9 rings (SSSR count). The summed E-state index contributed by atoms with van der Waals surface area (Å²) in [6.07, 6.45) is 3.27. The number of nitrogens with one attached hydrogen (secondary N) is 1. The van der Waals surface area contributed by atoms with Crippen LogP contribution in [0, 0.1) is 17.8 Å². The molecule has 1 saturated carbocycles. The SMILES string of the molecule is C=CC(=O)N1CC2(CCN(c3nc(N4CC5(CCN(CCOC)C5)C4)nc4c(OCC(F)(F)F)c(-c5c(C)ccc6[nH]ncc56)c(C5CC5)cc34)CC2)C1. The average molecular weight is 745 g/mol. The normalized spacial score (nSPS) is 20.9. The number of H-pyrrole nitrogens is 1. The van der Waals surface area contributed by atoms with Crippen LogP contribution in [-0.4, -0.2) is 121 Å². The molecule has 0 unspecified atom stereocenters. The summed E-state index contributed by atoms with van der Waals surface area (Å²) in [4.78, 5) is 31.5. The number of halogens is 3. The highest BCUT2D eigenvalue weighted by atomic mass is 19.4. The molecule has 0 atom stereocenters. The third-order valence-electron chi connectivity index (χ3n) is 12.6. The lowest BCUT2D eigenvalue weighted by Crippen LogP contribution is -2.61. The molecule has 1 amide bonds. The number of ether oxygens (including phenoxy) is 2. The third-order valence-corrected chi connectivity index (χ3v) is 12.6. The molecule has 14 heteroatoms. The van der Waals surface area contributed by atoms with E-state index in [1.54, 1.807) is 13.3 Å². The predicted octanol–water partition coefficient (Wildman–Crippen LogP) is 6.07. The van der Waals surface area contributed by atoms with Gasteiger partial charge >= 0.3 is 6.18 Å². The summed E-state index contributed by atoms with van der Waals surface area (Å²) in [5, 5.41) is 8.90. The first-order valence-corrected chi connectivity index (χ1v) is 19.1. The number of alkyl halides is 3. The van der Waals surface area contributed by atoms with Crippen LogP contribution >= 0.6 is 0 Å². The largest absolute Gasteiger partial charge is 0.481 e. The Morgan fingerprint density at radius 2 is 1.76 bits per heavy atom. The number of aromatic amines is 1. The summed E-state index contributed by atoms with van der Waals surface area (Å²) in [6, 6.07) is 6.07. The van der Waals surface area contributed by atoms with Crippen LogP contribution in [0.4, 0.5) is 24.9 Å². The van der Waals surface area contributed by atoms with E-state index in [9.17, 15) is 18.0 Å². The van der Waals surface area contributed by atoms with Gasteiger partial charge in [-0.25, -0.2) is 4.98 Å². The van der Waals surface area contributed by atoms with Gasteiger partial charge in [-0.15, -0.1) is 0 Å². The van der Waals surface area contributed by atoms with Crippen LogP contribution in [0.3, 0.4) is 0 Å². The van der Waals surface area contributed by atoms with Gasteiger partial charge in [-0.2, -0.15) is 23.3 Å². The van der Waals surface area contributed by atoms with E-state index in [1.165, 1.54) is 6.08 Å². The minimum atomic E-state index is -4.56. The Labute approximate surface area is 312 Å². The van der Waals surface area contributed by atoms with Gasteiger partial charge in [0.25, 0.3) is 0 Å². The summed E-state index contributed by atoms with van der Waals surface area (Å²) >= 11 is 0. The van der Waals surface area contributed by atoms with Gasteiger partial charge in [-0.1, -0.05) is 12.6 Å². The van der Waals surface area contributed by atoms with Crippen molar-refractivity contribution in [2.24, 2.45) is 10.8 Å². The van der Waals surface area contributed by atoms with Crippen LogP contribution in [-0.2, 0) is 9.53 Å². The van der Waals surface area contributed by atoms with Crippen molar-refractivity contribution in [3.05, 3.63) is 48.2 Å². The van der Waals surface area contributed by atoms with Crippen molar-refractivity contribution >= 4 is 39.5 Å². The lowest BCUT2D eigenvalue weighted by molar-refractivity contribution is -0.153. The minimum Gasteiger partial charge on any atom is -0.481 e. The number of piperidine rings is 1. The number of benzene rings is 2. The van der Waals surface area contributed by atoms with Gasteiger partial charge in [0, 0.05) is 86.6 Å². The maximum Gasteiger partial charge on any atom is 0.422 e. The van der Waals surface area contributed by atoms with Crippen LogP contribution in [0.15, 0.2) is 37.1 Å². The highest BCUT2D eigenvalue weighted by Crippen LogP contribution is 2.54. The number of rotatable bonds is 10. The summed E-state index contributed by atoms with van der Waals surface area (Å²) < 4.78 is 53.7. The van der Waals surface area contributed by atoms with Crippen molar-refractivity contribution in [1.82, 2.24) is 30.0 Å². The number of fused-ring (bicyclic) bond motifs is 2. The highest BCUT2D eigenvalue weighted by Gasteiger charge is 2.50. The van der Waals surface area contributed by atoms with Gasteiger partial charge in [-0.3, -0.25) is 9.89 Å². The smallest absolute Gasteiger partial charge is 0.422 e. The van der Waals surface area contributed by atoms with E-state index in [0.29, 0.717) is 55.2 Å². The molecule has 2 aromatic carbocycles. The topological polar surface area (TPSA) is 103 Å². The average Bonchev–Trinajstić information content (AvgIpc) is 3.70. The molecule has 1 aliphatic carbocycles. The number of methoxy groups -OCH3 is 1. The van der Waals surface area contributed by atoms with Crippen molar-refractivity contribution in [3.8, 4) is 16.9 Å². The van der Waals surface area contributed by atoms with E-state index in [-0.39, 0.29) is 28.4 Å². The van der Waals surface area contributed by atoms with Gasteiger partial charge in [0.05, 0.1) is 18.3 Å². The Hall–Kier alpha value is -4.43. The molecule has 11 nitrogen and oxygen atoms in total. The van der Waals surface area contributed by atoms with E-state index in [1.807, 2.05) is 24.0 Å². The number of carbonyl (C=O) groups is 1. The second-order valence-electron chi connectivity index (χ2n) is 16.4. The number of aromatic nitrogens is 4. The van der Waals surface area contributed by atoms with E-state index < -0.39 is 12.8 Å². The van der Waals surface area contributed by atoms with Crippen molar-refractivity contribution in [1.29, 1.82) is 0 Å². The fourth-order valence-corrected chi connectivity index (χ4v) is 9.50. The summed E-state index contributed by atoms with van der Waals surface area (Å²) in [7, 11) is 1.72. The lowest BCUT2D eigenvalue weighted by Gasteiger charge is -2.54. The van der Waals surface area contributed by atoms with Crippen molar-refractivity contribution in [3.63, 3.8) is 0 Å². The van der Waals surface area contributed by atoms with Crippen LogP contribution in [0.1, 0.15) is 49.1 Å². The first kappa shape index (κ1) is 35.3. The van der Waals surface area contributed by atoms with E-state index in [2.05, 4.69) is 37.5 Å². The molecule has 6 heterocycles. The molecule has 2 spiro atoms. The molecule has 0 radical (unpaired) electrons. The Bertz CT molecular complexity index is 2110. The van der Waals surface area contributed by atoms with Crippen LogP contribution in [0.5, 0.6) is 5.75 Å². The summed E-state index contributed by atoms with van der Waals surface area (Å²) in [6.45, 7) is 12.2. The minimum absolute atomic E-state index is 0.0398. The highest BCUT2D eigenvalue weighted by molar-refractivity contribution is 6.06. The molecule has 0 bridgehead atoms. The Balaban J connectivity index is 1.17. The fraction of sp³-hybridized carbons (Fsp3) is 0.550. The number of aryl methyl sites for hydroxylation is 1. The zero-order chi connectivity index (χ0) is 37.4. The Kier molecular flexibility index (Phi) is 8.56. The van der Waals surface area contributed by atoms with Crippen molar-refractivity contribution < 1.29 is 27.4 Å². The van der Waals surface area contributed by atoms with Crippen molar-refractivity contribution in [2.75, 3.05) is 89.0 Å². The number of likely N-dealkylation sites (tertiary alicyclic amines) is 2. The number of amides is 1. The maximum atomic E-state index is 14.1. The second-order valence-corrected chi connectivity index (χ2v) is 16.4. The Morgan fingerprint density at radius 1 is 1.00 bits per heavy atom. The lowest BCUT2D eigenvalue weighted by atomic mass is 9.72. The Morgan fingerprint density at radius 3 is 2.46 bits per heavy atom. The van der Waals surface area contributed by atoms with Crippen LogP contribution in [0.25, 0.3) is 32.9 Å². The predicted molar refractivity (Wildman–Crippen MR) is 201 cm³/mol. The zero-order valence-corrected chi connectivity index (χ0v) is 31.0. The van der Waals surface area contributed by atoms with Crippen LogP contribution < -0.4 is 14.5 Å². The van der Waals surface area contributed by atoms with Gasteiger partial charge in [0.2, 0.25) is 11.9 Å². The first-order valence-electron chi connectivity index (χ1n) is 19.1.